The van der Waals surface area contributed by atoms with Gasteiger partial charge in [-0.2, -0.15) is 0 Å². The van der Waals surface area contributed by atoms with E-state index in [0.717, 1.165) is 40.2 Å². The molecule has 1 N–H and O–H groups in total. The summed E-state index contributed by atoms with van der Waals surface area (Å²) in [5.74, 6) is 1.45. The Labute approximate surface area is 123 Å². The summed E-state index contributed by atoms with van der Waals surface area (Å²) >= 11 is 1.51. The molecule has 20 heavy (non-hydrogen) atoms. The number of methoxy groups -OCH3 is 1. The molecule has 0 fully saturated rings. The molecule has 1 heterocycles. The highest BCUT2D eigenvalue weighted by Crippen LogP contribution is 2.29. The van der Waals surface area contributed by atoms with Crippen LogP contribution in [-0.4, -0.2) is 23.9 Å². The van der Waals surface area contributed by atoms with Crippen LogP contribution in [0.4, 0.5) is 5.13 Å². The van der Waals surface area contributed by atoms with Crippen LogP contribution in [0.2, 0.25) is 0 Å². The van der Waals surface area contributed by atoms with Gasteiger partial charge >= 0.3 is 0 Å². The van der Waals surface area contributed by atoms with Gasteiger partial charge in [-0.3, -0.25) is 0 Å². The standard InChI is InChI=1S/C14H19N3O2S/c1-4-7-15-14-17-16-13(20-14)9-19-11-6-5-10(2)8-12(11)18-3/h5-6,8H,4,7,9H2,1-3H3,(H,15,17). The van der Waals surface area contributed by atoms with Crippen LogP contribution in [0.5, 0.6) is 11.5 Å². The van der Waals surface area contributed by atoms with Crippen molar-refractivity contribution in [2.75, 3.05) is 19.0 Å². The lowest BCUT2D eigenvalue weighted by molar-refractivity contribution is 0.283. The lowest BCUT2D eigenvalue weighted by Gasteiger charge is -2.09. The quantitative estimate of drug-likeness (QED) is 0.849. The predicted octanol–water partition coefficient (Wildman–Crippen LogP) is 3.26. The number of nitrogens with one attached hydrogen (secondary N) is 1. The SMILES string of the molecule is CCCNc1nnc(COc2ccc(C)cc2OC)s1. The van der Waals surface area contributed by atoms with Gasteiger partial charge in [-0.25, -0.2) is 0 Å². The molecular formula is C14H19N3O2S. The number of hydrogen-bond donors (Lipinski definition) is 1. The van der Waals surface area contributed by atoms with E-state index in [2.05, 4.69) is 22.4 Å². The van der Waals surface area contributed by atoms with E-state index in [1.165, 1.54) is 11.3 Å². The number of nitrogens with zero attached hydrogens (tertiary/aromatic N) is 2. The summed E-state index contributed by atoms with van der Waals surface area (Å²) in [4.78, 5) is 0. The van der Waals surface area contributed by atoms with Crippen molar-refractivity contribution in [3.63, 3.8) is 0 Å². The highest BCUT2D eigenvalue weighted by Gasteiger charge is 2.08. The van der Waals surface area contributed by atoms with E-state index in [9.17, 15) is 0 Å². The first-order chi connectivity index (χ1) is 9.72. The Morgan fingerprint density at radius 1 is 1.25 bits per heavy atom. The van der Waals surface area contributed by atoms with Crippen LogP contribution in [-0.2, 0) is 6.61 Å². The van der Waals surface area contributed by atoms with Crippen LogP contribution in [0, 0.1) is 6.92 Å². The van der Waals surface area contributed by atoms with E-state index in [-0.39, 0.29) is 0 Å². The number of aromatic nitrogens is 2. The maximum Gasteiger partial charge on any atom is 0.205 e. The van der Waals surface area contributed by atoms with E-state index in [4.69, 9.17) is 9.47 Å². The maximum absolute atomic E-state index is 5.74. The van der Waals surface area contributed by atoms with Crippen molar-refractivity contribution < 1.29 is 9.47 Å². The highest BCUT2D eigenvalue weighted by atomic mass is 32.1. The number of anilines is 1. The first-order valence-electron chi connectivity index (χ1n) is 6.56. The molecule has 0 unspecified atom stereocenters. The number of benzene rings is 1. The third kappa shape index (κ3) is 3.84. The summed E-state index contributed by atoms with van der Waals surface area (Å²) in [6.45, 7) is 5.43. The van der Waals surface area contributed by atoms with Gasteiger partial charge in [-0.1, -0.05) is 24.3 Å². The molecule has 1 aromatic heterocycles. The summed E-state index contributed by atoms with van der Waals surface area (Å²) < 4.78 is 11.0. The molecule has 0 atom stereocenters. The van der Waals surface area contributed by atoms with E-state index in [0.29, 0.717) is 6.61 Å². The van der Waals surface area contributed by atoms with Gasteiger partial charge in [-0.15, -0.1) is 10.2 Å². The molecule has 1 aromatic carbocycles. The number of aryl methyl sites for hydroxylation is 1. The Kier molecular flexibility index (Phi) is 5.17. The largest absolute Gasteiger partial charge is 0.493 e. The smallest absolute Gasteiger partial charge is 0.205 e. The van der Waals surface area contributed by atoms with Gasteiger partial charge in [0.25, 0.3) is 0 Å². The van der Waals surface area contributed by atoms with Gasteiger partial charge in [0.15, 0.2) is 16.5 Å². The molecule has 5 nitrogen and oxygen atoms in total. The predicted molar refractivity (Wildman–Crippen MR) is 80.8 cm³/mol. The molecule has 0 radical (unpaired) electrons. The van der Waals surface area contributed by atoms with Crippen LogP contribution < -0.4 is 14.8 Å². The summed E-state index contributed by atoms with van der Waals surface area (Å²) in [6.07, 6.45) is 1.06. The molecule has 2 rings (SSSR count). The zero-order valence-corrected chi connectivity index (χ0v) is 12.8. The maximum atomic E-state index is 5.74. The first-order valence-corrected chi connectivity index (χ1v) is 7.38. The summed E-state index contributed by atoms with van der Waals surface area (Å²) in [7, 11) is 1.64. The average molecular weight is 293 g/mol. The van der Waals surface area contributed by atoms with Gasteiger partial charge in [-0.05, 0) is 31.0 Å². The van der Waals surface area contributed by atoms with Crippen molar-refractivity contribution in [2.24, 2.45) is 0 Å². The number of ether oxygens (including phenoxy) is 2. The third-order valence-electron chi connectivity index (χ3n) is 2.66. The minimum Gasteiger partial charge on any atom is -0.493 e. The Balaban J connectivity index is 1.96. The molecule has 0 saturated heterocycles. The van der Waals surface area contributed by atoms with E-state index < -0.39 is 0 Å². The molecule has 0 amide bonds. The average Bonchev–Trinajstić information content (AvgIpc) is 2.91. The second-order valence-corrected chi connectivity index (χ2v) is 5.43. The molecule has 0 saturated carbocycles. The number of hydrogen-bond acceptors (Lipinski definition) is 6. The topological polar surface area (TPSA) is 56.3 Å². The van der Waals surface area contributed by atoms with Crippen LogP contribution in [0.1, 0.15) is 23.9 Å². The number of rotatable bonds is 7. The van der Waals surface area contributed by atoms with Crippen molar-refractivity contribution >= 4 is 16.5 Å². The lowest BCUT2D eigenvalue weighted by Crippen LogP contribution is -1.98. The van der Waals surface area contributed by atoms with Crippen molar-refractivity contribution in [1.29, 1.82) is 0 Å². The van der Waals surface area contributed by atoms with Crippen molar-refractivity contribution in [2.45, 2.75) is 26.9 Å². The van der Waals surface area contributed by atoms with Gasteiger partial charge in [0, 0.05) is 6.54 Å². The van der Waals surface area contributed by atoms with E-state index in [1.54, 1.807) is 7.11 Å². The van der Waals surface area contributed by atoms with Gasteiger partial charge in [0.2, 0.25) is 5.13 Å². The molecule has 0 aliphatic carbocycles. The molecule has 2 aromatic rings. The lowest BCUT2D eigenvalue weighted by atomic mass is 10.2. The fraction of sp³-hybridized carbons (Fsp3) is 0.429. The molecule has 108 valence electrons. The summed E-state index contributed by atoms with van der Waals surface area (Å²) in [6, 6.07) is 5.85. The van der Waals surface area contributed by atoms with Crippen molar-refractivity contribution in [3.8, 4) is 11.5 Å². The Morgan fingerprint density at radius 2 is 2.10 bits per heavy atom. The van der Waals surface area contributed by atoms with Crippen molar-refractivity contribution in [1.82, 2.24) is 10.2 Å². The van der Waals surface area contributed by atoms with Crippen LogP contribution in [0.15, 0.2) is 18.2 Å². The molecule has 0 bridgehead atoms. The summed E-state index contributed by atoms with van der Waals surface area (Å²) in [5.41, 5.74) is 1.14. The van der Waals surface area contributed by atoms with E-state index in [1.807, 2.05) is 25.1 Å². The fourth-order valence-corrected chi connectivity index (χ4v) is 2.33. The third-order valence-corrected chi connectivity index (χ3v) is 3.52. The molecule has 0 aliphatic heterocycles. The zero-order chi connectivity index (χ0) is 14.4. The molecule has 6 heteroatoms. The normalized spacial score (nSPS) is 10.3. The fourth-order valence-electron chi connectivity index (χ4n) is 1.65. The minimum absolute atomic E-state index is 0.394. The second kappa shape index (κ2) is 7.09. The van der Waals surface area contributed by atoms with Gasteiger partial charge in [0.05, 0.1) is 7.11 Å². The van der Waals surface area contributed by atoms with E-state index >= 15 is 0 Å². The Bertz CT molecular complexity index is 557. The molecular weight excluding hydrogens is 274 g/mol. The second-order valence-electron chi connectivity index (χ2n) is 4.37. The van der Waals surface area contributed by atoms with Crippen molar-refractivity contribution in [3.05, 3.63) is 28.8 Å². The van der Waals surface area contributed by atoms with Crippen LogP contribution in [0.3, 0.4) is 0 Å². The molecule has 0 aliphatic rings. The van der Waals surface area contributed by atoms with Crippen LogP contribution >= 0.6 is 11.3 Å². The zero-order valence-electron chi connectivity index (χ0n) is 12.0. The minimum atomic E-state index is 0.394. The first kappa shape index (κ1) is 14.6. The van der Waals surface area contributed by atoms with Gasteiger partial charge in [0.1, 0.15) is 6.61 Å². The molecule has 0 spiro atoms. The monoisotopic (exact) mass is 293 g/mol. The Morgan fingerprint density at radius 3 is 2.85 bits per heavy atom. The van der Waals surface area contributed by atoms with Crippen LogP contribution in [0.25, 0.3) is 0 Å². The summed E-state index contributed by atoms with van der Waals surface area (Å²) in [5, 5.41) is 13.0. The van der Waals surface area contributed by atoms with Gasteiger partial charge < -0.3 is 14.8 Å². The highest BCUT2D eigenvalue weighted by molar-refractivity contribution is 7.15. The Hall–Kier alpha value is -1.82.